The normalized spacial score (nSPS) is 11.4. The lowest BCUT2D eigenvalue weighted by atomic mass is 9.94. The summed E-state index contributed by atoms with van der Waals surface area (Å²) < 4.78 is 46.3. The third kappa shape index (κ3) is 6.79. The minimum absolute atomic E-state index is 0.126. The van der Waals surface area contributed by atoms with E-state index in [-0.39, 0.29) is 5.69 Å². The molecule has 0 bridgehead atoms. The smallest absolute Gasteiger partial charge is 0.309 e. The highest BCUT2D eigenvalue weighted by molar-refractivity contribution is 6.13. The van der Waals surface area contributed by atoms with Gasteiger partial charge < -0.3 is 9.13 Å². The van der Waals surface area contributed by atoms with Crippen LogP contribution in [0.2, 0.25) is 0 Å². The lowest BCUT2D eigenvalue weighted by Crippen LogP contribution is -2.04. The zero-order chi connectivity index (χ0) is 46.7. The molecule has 0 amide bonds. The fourth-order valence-corrected chi connectivity index (χ4v) is 9.46. The molecule has 9 heteroatoms. The monoisotopic (exact) mass is 880 g/mol. The van der Waals surface area contributed by atoms with Crippen LogP contribution in [0.3, 0.4) is 0 Å². The Bertz CT molecular complexity index is 4050. The highest BCUT2D eigenvalue weighted by Crippen LogP contribution is 2.45. The van der Waals surface area contributed by atoms with Gasteiger partial charge in [0.15, 0.2) is 11.4 Å². The van der Waals surface area contributed by atoms with Crippen LogP contribution in [0.5, 0.6) is 0 Å². The van der Waals surface area contributed by atoms with Crippen molar-refractivity contribution in [3.63, 3.8) is 0 Å². The van der Waals surface area contributed by atoms with E-state index in [1.807, 2.05) is 91.0 Å². The van der Waals surface area contributed by atoms with Gasteiger partial charge in [0.25, 0.3) is 0 Å². The molecule has 6 nitrogen and oxygen atoms in total. The van der Waals surface area contributed by atoms with Gasteiger partial charge in [-0.1, -0.05) is 115 Å². The first-order valence-electron chi connectivity index (χ1n) is 21.5. The van der Waals surface area contributed by atoms with Gasteiger partial charge in [0.1, 0.15) is 0 Å². The van der Waals surface area contributed by atoms with Gasteiger partial charge in [-0.15, -0.1) is 0 Å². The number of para-hydroxylation sites is 2. The summed E-state index contributed by atoms with van der Waals surface area (Å²) in [6, 6.07) is 62.8. The van der Waals surface area contributed by atoms with Crippen molar-refractivity contribution in [2.24, 2.45) is 0 Å². The summed E-state index contributed by atoms with van der Waals surface area (Å²) in [5.74, 6) is 0. The maximum Gasteiger partial charge on any atom is 0.415 e. The van der Waals surface area contributed by atoms with E-state index in [1.165, 1.54) is 6.07 Å². The molecule has 0 aliphatic rings. The molecule has 0 aliphatic heterocycles. The molecule has 0 aliphatic carbocycles. The molecule has 2 aromatic heterocycles. The van der Waals surface area contributed by atoms with Gasteiger partial charge in [0, 0.05) is 38.2 Å². The summed E-state index contributed by atoms with van der Waals surface area (Å²) in [4.78, 5) is 7.14. The second-order valence-electron chi connectivity index (χ2n) is 16.4. The summed E-state index contributed by atoms with van der Waals surface area (Å²) in [6.07, 6.45) is -4.63. The molecule has 0 radical (unpaired) electrons. The number of alkyl halides is 3. The molecule has 0 atom stereocenters. The van der Waals surface area contributed by atoms with E-state index < -0.39 is 11.7 Å². The molecular formula is C59H31F3N6. The maximum absolute atomic E-state index is 14.0. The summed E-state index contributed by atoms with van der Waals surface area (Å²) in [6.45, 7) is 15.4. The van der Waals surface area contributed by atoms with Gasteiger partial charge in [-0.3, -0.25) is 0 Å². The zero-order valence-electron chi connectivity index (χ0n) is 35.7. The van der Waals surface area contributed by atoms with Crippen LogP contribution in [0, 0.1) is 35.8 Å². The third-order valence-corrected chi connectivity index (χ3v) is 12.7. The average Bonchev–Trinajstić information content (AvgIpc) is 3.90. The predicted molar refractivity (Wildman–Crippen MR) is 264 cm³/mol. The van der Waals surface area contributed by atoms with Gasteiger partial charge in [-0.2, -0.15) is 23.7 Å². The van der Waals surface area contributed by atoms with Crippen LogP contribution < -0.4 is 0 Å². The maximum atomic E-state index is 14.0. The largest absolute Gasteiger partial charge is 0.415 e. The van der Waals surface area contributed by atoms with E-state index in [0.717, 1.165) is 94.8 Å². The first kappa shape index (κ1) is 41.1. The molecule has 0 saturated heterocycles. The Morgan fingerprint density at radius 3 is 1.43 bits per heavy atom. The van der Waals surface area contributed by atoms with Crippen molar-refractivity contribution in [3.8, 4) is 68.0 Å². The zero-order valence-corrected chi connectivity index (χ0v) is 35.7. The molecule has 0 saturated carbocycles. The molecule has 0 N–H and O–H groups in total. The Hall–Kier alpha value is -9.67. The van der Waals surface area contributed by atoms with E-state index in [2.05, 4.69) is 79.5 Å². The Labute approximate surface area is 388 Å². The summed E-state index contributed by atoms with van der Waals surface area (Å²) in [5, 5.41) is 23.8. The number of nitrogens with zero attached hydrogens (tertiary/aromatic N) is 6. The van der Waals surface area contributed by atoms with E-state index >= 15 is 0 Å². The van der Waals surface area contributed by atoms with Crippen molar-refractivity contribution >= 4 is 55.0 Å². The Morgan fingerprint density at radius 2 is 0.882 bits per heavy atom. The van der Waals surface area contributed by atoms with Gasteiger partial charge in [-0.25, -0.2) is 9.69 Å². The topological polar surface area (TPSA) is 66.2 Å². The number of aromatic nitrogens is 2. The first-order chi connectivity index (χ1) is 33.1. The summed E-state index contributed by atoms with van der Waals surface area (Å²) in [5.41, 5.74) is 11.8. The van der Waals surface area contributed by atoms with Crippen molar-refractivity contribution in [3.05, 3.63) is 228 Å². The number of nitriles is 2. The first-order valence-corrected chi connectivity index (χ1v) is 21.5. The molecule has 0 unspecified atom stereocenters. The van der Waals surface area contributed by atoms with Crippen molar-refractivity contribution in [1.29, 1.82) is 10.5 Å². The van der Waals surface area contributed by atoms with E-state index in [4.69, 9.17) is 13.1 Å². The van der Waals surface area contributed by atoms with E-state index in [0.29, 0.717) is 33.6 Å². The van der Waals surface area contributed by atoms with Crippen molar-refractivity contribution in [1.82, 2.24) is 9.13 Å². The van der Waals surface area contributed by atoms with Crippen LogP contribution in [0.1, 0.15) is 16.7 Å². The second kappa shape index (κ2) is 16.1. The fourth-order valence-electron chi connectivity index (χ4n) is 9.46. The van der Waals surface area contributed by atoms with Crippen LogP contribution in [0.15, 0.2) is 188 Å². The fraction of sp³-hybridized carbons (Fsp3) is 0.0169. The van der Waals surface area contributed by atoms with Gasteiger partial charge in [-0.05, 0) is 106 Å². The van der Waals surface area contributed by atoms with Gasteiger partial charge >= 0.3 is 6.18 Å². The van der Waals surface area contributed by atoms with Crippen LogP contribution in [0.25, 0.3) is 109 Å². The summed E-state index contributed by atoms with van der Waals surface area (Å²) >= 11 is 0. The highest BCUT2D eigenvalue weighted by atomic mass is 19.4. The van der Waals surface area contributed by atoms with E-state index in [1.54, 1.807) is 30.3 Å². The van der Waals surface area contributed by atoms with E-state index in [9.17, 15) is 23.7 Å². The quantitative estimate of drug-likeness (QED) is 0.156. The Morgan fingerprint density at radius 1 is 0.412 bits per heavy atom. The molecule has 2 heterocycles. The number of rotatable bonds is 6. The third-order valence-electron chi connectivity index (χ3n) is 12.7. The Kier molecular flexibility index (Phi) is 9.72. The SMILES string of the molecule is [C-]#[N+]c1ccc(-c2ccc3c(c2)c2ccccc2n3-c2cc(-c3ccc(C(F)(F)F)cc3[N+]#[C-])ccc2-c2ccc(C#N)cc2-n2c3ccccc3c3cc(-c4ccc(C#N)cc4)ccc32)cc1. The molecule has 0 fully saturated rings. The number of fused-ring (bicyclic) bond motifs is 6. The highest BCUT2D eigenvalue weighted by Gasteiger charge is 2.31. The standard InChI is InChI=1S/C59H31F3N6/c1-65-44-22-16-39(17-23-44)41-20-28-56-51(31-41)47-8-4-6-10-54(47)68(56)58-32-42(45-26-21-43(59(60,61)62)33-52(45)66-2)18-25-49(58)48-24-13-37(35-64)29-57(48)67-53-9-5-3-7-46(53)50-30-40(19-27-55(50)67)38-14-11-36(34-63)12-15-38/h3-33H. The number of hydrogen-bond acceptors (Lipinski definition) is 2. The Balaban J connectivity index is 1.20. The predicted octanol–water partition coefficient (Wildman–Crippen LogP) is 16.4. The molecule has 9 aromatic carbocycles. The number of halogens is 3. The van der Waals surface area contributed by atoms with Crippen LogP contribution >= 0.6 is 0 Å². The van der Waals surface area contributed by atoms with Crippen LogP contribution in [-0.4, -0.2) is 9.13 Å². The van der Waals surface area contributed by atoms with Crippen molar-refractivity contribution < 1.29 is 13.2 Å². The molecular weight excluding hydrogens is 850 g/mol. The molecule has 11 rings (SSSR count). The van der Waals surface area contributed by atoms with Crippen molar-refractivity contribution in [2.45, 2.75) is 6.18 Å². The minimum Gasteiger partial charge on any atom is -0.309 e. The van der Waals surface area contributed by atoms with Crippen LogP contribution in [0.4, 0.5) is 24.5 Å². The molecule has 68 heavy (non-hydrogen) atoms. The lowest BCUT2D eigenvalue weighted by molar-refractivity contribution is -0.137. The second-order valence-corrected chi connectivity index (χ2v) is 16.4. The number of hydrogen-bond donors (Lipinski definition) is 0. The molecule has 0 spiro atoms. The van der Waals surface area contributed by atoms with Crippen LogP contribution in [-0.2, 0) is 6.18 Å². The lowest BCUT2D eigenvalue weighted by Gasteiger charge is -2.20. The average molecular weight is 881 g/mol. The molecule has 11 aromatic rings. The number of benzene rings is 9. The van der Waals surface area contributed by atoms with Crippen molar-refractivity contribution in [2.75, 3.05) is 0 Å². The van der Waals surface area contributed by atoms with Gasteiger partial charge in [0.05, 0.1) is 69.9 Å². The summed E-state index contributed by atoms with van der Waals surface area (Å²) in [7, 11) is 0. The minimum atomic E-state index is -4.63. The van der Waals surface area contributed by atoms with Gasteiger partial charge in [0.2, 0.25) is 0 Å². The molecule has 318 valence electrons.